The number of thioether (sulfide) groups is 1. The van der Waals surface area contributed by atoms with Gasteiger partial charge in [0, 0.05) is 24.2 Å². The Hall–Kier alpha value is -0.620. The van der Waals surface area contributed by atoms with E-state index in [1.54, 1.807) is 6.20 Å². The third-order valence-electron chi connectivity index (χ3n) is 1.92. The van der Waals surface area contributed by atoms with Gasteiger partial charge in [0.2, 0.25) is 0 Å². The van der Waals surface area contributed by atoms with E-state index >= 15 is 0 Å². The van der Waals surface area contributed by atoms with Crippen LogP contribution >= 0.6 is 11.8 Å². The van der Waals surface area contributed by atoms with Gasteiger partial charge in [-0.1, -0.05) is 0 Å². The second-order valence-electron chi connectivity index (χ2n) is 3.03. The molecule has 86 valence electrons. The first-order valence-corrected chi connectivity index (χ1v) is 5.56. The van der Waals surface area contributed by atoms with Crippen LogP contribution in [0, 0.1) is 0 Å². The fraction of sp³-hybridized carbons (Fsp3) is 0.556. The first kappa shape index (κ1) is 12.4. The van der Waals surface area contributed by atoms with Crippen LogP contribution in [-0.2, 0) is 13.0 Å². The van der Waals surface area contributed by atoms with Crippen molar-refractivity contribution in [2.75, 3.05) is 12.3 Å². The molecule has 1 aromatic heterocycles. The lowest BCUT2D eigenvalue weighted by molar-refractivity contribution is -0.0328. The molecule has 0 saturated carbocycles. The van der Waals surface area contributed by atoms with Crippen LogP contribution in [0.1, 0.15) is 5.69 Å². The van der Waals surface area contributed by atoms with Gasteiger partial charge in [-0.15, -0.1) is 0 Å². The van der Waals surface area contributed by atoms with E-state index < -0.39 is 5.51 Å². The highest BCUT2D eigenvalue weighted by molar-refractivity contribution is 8.00. The number of nitrogens with zero attached hydrogens (tertiary/aromatic N) is 1. The zero-order chi connectivity index (χ0) is 11.3. The van der Waals surface area contributed by atoms with Crippen LogP contribution in [0.5, 0.6) is 0 Å². The fourth-order valence-electron chi connectivity index (χ4n) is 1.30. The molecule has 0 radical (unpaired) electrons. The van der Waals surface area contributed by atoms with Crippen LogP contribution in [0.3, 0.4) is 0 Å². The Morgan fingerprint density at radius 2 is 2.13 bits per heavy atom. The molecule has 0 aliphatic rings. The van der Waals surface area contributed by atoms with Gasteiger partial charge in [-0.2, -0.15) is 13.2 Å². The highest BCUT2D eigenvalue weighted by atomic mass is 32.2. The van der Waals surface area contributed by atoms with Gasteiger partial charge in [0.25, 0.3) is 0 Å². The molecule has 2 N–H and O–H groups in total. The summed E-state index contributed by atoms with van der Waals surface area (Å²) in [6.45, 7) is 0.878. The Bertz CT molecular complexity index is 296. The smallest absolute Gasteiger partial charge is 0.351 e. The maximum atomic E-state index is 11.9. The molecule has 2 nitrogen and oxygen atoms in total. The summed E-state index contributed by atoms with van der Waals surface area (Å²) in [5.41, 5.74) is 2.24. The molecule has 0 saturated heterocycles. The van der Waals surface area contributed by atoms with Gasteiger partial charge in [0.15, 0.2) is 0 Å². The Morgan fingerprint density at radius 3 is 2.73 bits per heavy atom. The van der Waals surface area contributed by atoms with E-state index in [9.17, 15) is 13.2 Å². The van der Waals surface area contributed by atoms with Crippen molar-refractivity contribution in [1.29, 1.82) is 0 Å². The van der Waals surface area contributed by atoms with Gasteiger partial charge in [0.05, 0.1) is 0 Å². The predicted octanol–water partition coefficient (Wildman–Crippen LogP) is 2.24. The summed E-state index contributed by atoms with van der Waals surface area (Å²) in [7, 11) is 0. The summed E-state index contributed by atoms with van der Waals surface area (Å²) in [5.74, 6) is 0.0375. The summed E-state index contributed by atoms with van der Waals surface area (Å²) in [4.78, 5) is 0. The van der Waals surface area contributed by atoms with Crippen molar-refractivity contribution in [2.45, 2.75) is 18.5 Å². The Labute approximate surface area is 90.6 Å². The van der Waals surface area contributed by atoms with Crippen LogP contribution in [0.2, 0.25) is 0 Å². The predicted molar refractivity (Wildman–Crippen MR) is 55.7 cm³/mol. The number of aromatic nitrogens is 1. The average molecular weight is 238 g/mol. The third kappa shape index (κ3) is 4.61. The molecule has 0 unspecified atom stereocenters. The van der Waals surface area contributed by atoms with Crippen molar-refractivity contribution in [2.24, 2.45) is 5.73 Å². The Morgan fingerprint density at radius 1 is 1.40 bits per heavy atom. The largest absolute Gasteiger partial charge is 0.441 e. The number of aryl methyl sites for hydroxylation is 1. The van der Waals surface area contributed by atoms with Gasteiger partial charge in [-0.3, -0.25) is 0 Å². The van der Waals surface area contributed by atoms with E-state index in [0.717, 1.165) is 5.69 Å². The highest BCUT2D eigenvalue weighted by Gasteiger charge is 2.27. The van der Waals surface area contributed by atoms with Crippen molar-refractivity contribution >= 4 is 11.8 Å². The van der Waals surface area contributed by atoms with E-state index in [0.29, 0.717) is 19.5 Å². The van der Waals surface area contributed by atoms with Crippen LogP contribution in [-0.4, -0.2) is 22.4 Å². The minimum atomic E-state index is -4.14. The molecule has 0 fully saturated rings. The summed E-state index contributed by atoms with van der Waals surface area (Å²) >= 11 is 0.00651. The second kappa shape index (κ2) is 5.46. The molecule has 6 heteroatoms. The number of rotatable bonds is 5. The highest BCUT2D eigenvalue weighted by Crippen LogP contribution is 2.30. The maximum Gasteiger partial charge on any atom is 0.441 e. The van der Waals surface area contributed by atoms with E-state index in [-0.39, 0.29) is 17.5 Å². The number of alkyl halides is 3. The Balaban J connectivity index is 2.40. The third-order valence-corrected chi connectivity index (χ3v) is 2.64. The van der Waals surface area contributed by atoms with Crippen molar-refractivity contribution in [3.63, 3.8) is 0 Å². The first-order valence-electron chi connectivity index (χ1n) is 4.57. The fourth-order valence-corrected chi connectivity index (χ4v) is 1.82. The zero-order valence-electron chi connectivity index (χ0n) is 8.13. The molecule has 1 aromatic rings. The van der Waals surface area contributed by atoms with Crippen molar-refractivity contribution < 1.29 is 13.2 Å². The van der Waals surface area contributed by atoms with Gasteiger partial charge in [-0.05, 0) is 36.9 Å². The minimum Gasteiger partial charge on any atom is -0.351 e. The van der Waals surface area contributed by atoms with Gasteiger partial charge in [-0.25, -0.2) is 0 Å². The molecule has 1 rings (SSSR count). The molecule has 0 atom stereocenters. The molecule has 0 aromatic carbocycles. The standard InChI is InChI=1S/C9H13F3N2S/c10-9(11,12)15-7-6-14-5-1-2-8(14)3-4-13/h1-2,5H,3-4,6-7,13H2. The molecule has 0 amide bonds. The maximum absolute atomic E-state index is 11.9. The molecule has 0 spiro atoms. The number of halogens is 3. The van der Waals surface area contributed by atoms with Crippen LogP contribution < -0.4 is 5.73 Å². The van der Waals surface area contributed by atoms with Gasteiger partial charge >= 0.3 is 5.51 Å². The van der Waals surface area contributed by atoms with E-state index in [4.69, 9.17) is 5.73 Å². The monoisotopic (exact) mass is 238 g/mol. The molecule has 0 bridgehead atoms. The number of nitrogens with two attached hydrogens (primary N) is 1. The molecular formula is C9H13F3N2S. The van der Waals surface area contributed by atoms with Crippen molar-refractivity contribution in [1.82, 2.24) is 4.57 Å². The van der Waals surface area contributed by atoms with E-state index in [2.05, 4.69) is 0 Å². The molecular weight excluding hydrogens is 225 g/mol. The SMILES string of the molecule is NCCc1cccn1CCSC(F)(F)F. The first-order chi connectivity index (χ1) is 7.03. The topological polar surface area (TPSA) is 30.9 Å². The lowest BCUT2D eigenvalue weighted by atomic mass is 10.3. The van der Waals surface area contributed by atoms with Gasteiger partial charge in [0.1, 0.15) is 0 Å². The Kier molecular flexibility index (Phi) is 4.53. The van der Waals surface area contributed by atoms with Gasteiger partial charge < -0.3 is 10.3 Å². The molecule has 1 heterocycles. The lowest BCUT2D eigenvalue weighted by Crippen LogP contribution is -2.11. The normalized spacial score (nSPS) is 12.0. The summed E-state index contributed by atoms with van der Waals surface area (Å²) in [6, 6.07) is 3.70. The molecule has 0 aliphatic carbocycles. The minimum absolute atomic E-state index is 0.00651. The number of hydrogen-bond donors (Lipinski definition) is 1. The van der Waals surface area contributed by atoms with Crippen LogP contribution in [0.4, 0.5) is 13.2 Å². The quantitative estimate of drug-likeness (QED) is 0.853. The average Bonchev–Trinajstić information content (AvgIpc) is 2.51. The molecule has 15 heavy (non-hydrogen) atoms. The van der Waals surface area contributed by atoms with Crippen molar-refractivity contribution in [3.8, 4) is 0 Å². The van der Waals surface area contributed by atoms with E-state index in [1.165, 1.54) is 0 Å². The van der Waals surface area contributed by atoms with E-state index in [1.807, 2.05) is 16.7 Å². The summed E-state index contributed by atoms with van der Waals surface area (Å²) in [5, 5.41) is 0. The lowest BCUT2D eigenvalue weighted by Gasteiger charge is -2.09. The summed E-state index contributed by atoms with van der Waals surface area (Å²) in [6.07, 6.45) is 2.48. The summed E-state index contributed by atoms with van der Waals surface area (Å²) < 4.78 is 37.4. The second-order valence-corrected chi connectivity index (χ2v) is 4.19. The molecule has 0 aliphatic heterocycles. The van der Waals surface area contributed by atoms with Crippen LogP contribution in [0.15, 0.2) is 18.3 Å². The van der Waals surface area contributed by atoms with Crippen molar-refractivity contribution in [3.05, 3.63) is 24.0 Å². The number of hydrogen-bond acceptors (Lipinski definition) is 2. The zero-order valence-corrected chi connectivity index (χ0v) is 8.94. The van der Waals surface area contributed by atoms with Crippen LogP contribution in [0.25, 0.3) is 0 Å².